The van der Waals surface area contributed by atoms with Crippen molar-refractivity contribution in [2.45, 2.75) is 24.5 Å². The number of anilines is 2. The van der Waals surface area contributed by atoms with Gasteiger partial charge in [-0.3, -0.25) is 4.79 Å². The van der Waals surface area contributed by atoms with Crippen LogP contribution >= 0.6 is 27.7 Å². The highest BCUT2D eigenvalue weighted by atomic mass is 79.9. The summed E-state index contributed by atoms with van der Waals surface area (Å²) < 4.78 is 0.826. The van der Waals surface area contributed by atoms with Crippen LogP contribution in [0.25, 0.3) is 0 Å². The fraction of sp³-hybridized carbons (Fsp3) is 0.417. The topological polar surface area (TPSA) is 55.1 Å². The minimum atomic E-state index is 0.0909. The molecule has 5 heteroatoms. The van der Waals surface area contributed by atoms with Crippen molar-refractivity contribution in [3.05, 3.63) is 22.7 Å². The number of benzene rings is 1. The smallest absolute Gasteiger partial charge is 0.237 e. The molecule has 0 bridgehead atoms. The van der Waals surface area contributed by atoms with E-state index >= 15 is 0 Å². The van der Waals surface area contributed by atoms with Crippen LogP contribution in [-0.4, -0.2) is 16.9 Å². The zero-order chi connectivity index (χ0) is 12.3. The number of rotatable bonds is 2. The van der Waals surface area contributed by atoms with Gasteiger partial charge in [0.05, 0.1) is 10.9 Å². The molecular formula is C12H15BrN2OS. The maximum atomic E-state index is 12.0. The first kappa shape index (κ1) is 12.8. The minimum absolute atomic E-state index is 0.0909. The summed E-state index contributed by atoms with van der Waals surface area (Å²) in [6, 6.07) is 5.41. The Balaban J connectivity index is 2.02. The number of thioether (sulfide) groups is 1. The molecule has 92 valence electrons. The first-order valence-electron chi connectivity index (χ1n) is 5.64. The van der Waals surface area contributed by atoms with Crippen LogP contribution in [0.15, 0.2) is 22.7 Å². The van der Waals surface area contributed by atoms with Crippen molar-refractivity contribution in [2.24, 2.45) is 0 Å². The van der Waals surface area contributed by atoms with Crippen molar-refractivity contribution < 1.29 is 4.79 Å². The number of carbonyl (C=O) groups excluding carboxylic acids is 1. The van der Waals surface area contributed by atoms with Crippen molar-refractivity contribution >= 4 is 45.0 Å². The molecule has 3 N–H and O–H groups in total. The third kappa shape index (κ3) is 3.39. The molecule has 0 radical (unpaired) electrons. The van der Waals surface area contributed by atoms with Gasteiger partial charge in [0.25, 0.3) is 0 Å². The van der Waals surface area contributed by atoms with Gasteiger partial charge in [-0.1, -0.05) is 6.42 Å². The molecule has 0 aromatic heterocycles. The largest absolute Gasteiger partial charge is 0.399 e. The average molecular weight is 315 g/mol. The summed E-state index contributed by atoms with van der Waals surface area (Å²) in [7, 11) is 0. The lowest BCUT2D eigenvalue weighted by Gasteiger charge is -2.20. The number of halogens is 1. The molecule has 1 fully saturated rings. The Bertz CT molecular complexity index is 419. The number of nitrogens with one attached hydrogen (secondary N) is 1. The van der Waals surface area contributed by atoms with Gasteiger partial charge in [0, 0.05) is 10.2 Å². The zero-order valence-corrected chi connectivity index (χ0v) is 11.8. The third-order valence-electron chi connectivity index (χ3n) is 2.72. The van der Waals surface area contributed by atoms with Gasteiger partial charge in [-0.25, -0.2) is 0 Å². The number of carbonyl (C=O) groups is 1. The first-order chi connectivity index (χ1) is 8.16. The normalized spacial score (nSPS) is 19.9. The van der Waals surface area contributed by atoms with Crippen LogP contribution in [-0.2, 0) is 4.79 Å². The molecule has 1 aliphatic rings. The predicted molar refractivity (Wildman–Crippen MR) is 77.3 cm³/mol. The molecule has 1 heterocycles. The van der Waals surface area contributed by atoms with Gasteiger partial charge in [-0.15, -0.1) is 11.8 Å². The third-order valence-corrected chi connectivity index (χ3v) is 4.76. The van der Waals surface area contributed by atoms with Gasteiger partial charge >= 0.3 is 0 Å². The van der Waals surface area contributed by atoms with Crippen LogP contribution < -0.4 is 11.1 Å². The summed E-state index contributed by atoms with van der Waals surface area (Å²) >= 11 is 5.15. The van der Waals surface area contributed by atoms with Crippen LogP contribution in [0.2, 0.25) is 0 Å². The Kier molecular flexibility index (Phi) is 4.34. The summed E-state index contributed by atoms with van der Waals surface area (Å²) in [6.45, 7) is 0. The molecule has 17 heavy (non-hydrogen) atoms. The Labute approximate surface area is 114 Å². The van der Waals surface area contributed by atoms with Crippen molar-refractivity contribution in [3.63, 3.8) is 0 Å². The van der Waals surface area contributed by atoms with E-state index in [1.165, 1.54) is 6.42 Å². The van der Waals surface area contributed by atoms with Gasteiger partial charge in [0.2, 0.25) is 5.91 Å². The Morgan fingerprint density at radius 2 is 2.29 bits per heavy atom. The van der Waals surface area contributed by atoms with Gasteiger partial charge in [0.1, 0.15) is 0 Å². The summed E-state index contributed by atoms with van der Waals surface area (Å²) in [5.74, 6) is 1.18. The number of nitrogen functional groups attached to an aromatic ring is 1. The van der Waals surface area contributed by atoms with Crippen LogP contribution in [0.4, 0.5) is 11.4 Å². The number of hydrogen-bond donors (Lipinski definition) is 2. The lowest BCUT2D eigenvalue weighted by atomic mass is 10.2. The minimum Gasteiger partial charge on any atom is -0.399 e. The summed E-state index contributed by atoms with van der Waals surface area (Å²) in [4.78, 5) is 12.0. The van der Waals surface area contributed by atoms with Gasteiger partial charge < -0.3 is 11.1 Å². The molecule has 1 saturated heterocycles. The standard InChI is InChI=1S/C12H15BrN2OS/c13-9-7-8(14)4-5-10(9)15-12(16)11-3-1-2-6-17-11/h4-5,7,11H,1-3,6,14H2,(H,15,16). The van der Waals surface area contributed by atoms with Gasteiger partial charge in [-0.05, 0) is 52.7 Å². The number of hydrogen-bond acceptors (Lipinski definition) is 3. The van der Waals surface area contributed by atoms with E-state index in [4.69, 9.17) is 5.73 Å². The van der Waals surface area contributed by atoms with E-state index in [-0.39, 0.29) is 11.2 Å². The van der Waals surface area contributed by atoms with E-state index in [1.54, 1.807) is 23.9 Å². The lowest BCUT2D eigenvalue weighted by molar-refractivity contribution is -0.115. The summed E-state index contributed by atoms with van der Waals surface area (Å²) in [5.41, 5.74) is 7.12. The van der Waals surface area contributed by atoms with Gasteiger partial charge in [-0.2, -0.15) is 0 Å². The van der Waals surface area contributed by atoms with Crippen molar-refractivity contribution in [3.8, 4) is 0 Å². The number of nitrogens with two attached hydrogens (primary N) is 1. The Morgan fingerprint density at radius 3 is 2.94 bits per heavy atom. The molecule has 1 atom stereocenters. The van der Waals surface area contributed by atoms with E-state index in [0.29, 0.717) is 5.69 Å². The molecule has 1 unspecified atom stereocenters. The second kappa shape index (κ2) is 5.78. The van der Waals surface area contributed by atoms with Crippen LogP contribution in [0.1, 0.15) is 19.3 Å². The molecular weight excluding hydrogens is 300 g/mol. The van der Waals surface area contributed by atoms with E-state index in [0.717, 1.165) is 28.8 Å². The van der Waals surface area contributed by atoms with E-state index in [9.17, 15) is 4.79 Å². The first-order valence-corrected chi connectivity index (χ1v) is 7.48. The molecule has 0 saturated carbocycles. The fourth-order valence-electron chi connectivity index (χ4n) is 1.79. The maximum Gasteiger partial charge on any atom is 0.237 e. The van der Waals surface area contributed by atoms with Gasteiger partial charge in [0.15, 0.2) is 0 Å². The highest BCUT2D eigenvalue weighted by Gasteiger charge is 2.22. The second-order valence-corrected chi connectivity index (χ2v) is 6.25. The molecule has 1 amide bonds. The Hall–Kier alpha value is -0.680. The second-order valence-electron chi connectivity index (χ2n) is 4.08. The molecule has 1 aliphatic heterocycles. The quantitative estimate of drug-likeness (QED) is 0.824. The zero-order valence-electron chi connectivity index (χ0n) is 9.41. The average Bonchev–Trinajstić information content (AvgIpc) is 2.34. The van der Waals surface area contributed by atoms with Crippen LogP contribution in [0.3, 0.4) is 0 Å². The molecule has 1 aromatic carbocycles. The fourth-order valence-corrected chi connectivity index (χ4v) is 3.49. The molecule has 1 aromatic rings. The SMILES string of the molecule is Nc1ccc(NC(=O)C2CCCCS2)c(Br)c1. The number of amides is 1. The maximum absolute atomic E-state index is 12.0. The Morgan fingerprint density at radius 1 is 1.47 bits per heavy atom. The summed E-state index contributed by atoms with van der Waals surface area (Å²) in [5, 5.41) is 3.04. The monoisotopic (exact) mass is 314 g/mol. The lowest BCUT2D eigenvalue weighted by Crippen LogP contribution is -2.27. The molecule has 3 nitrogen and oxygen atoms in total. The van der Waals surface area contributed by atoms with E-state index < -0.39 is 0 Å². The van der Waals surface area contributed by atoms with Crippen molar-refractivity contribution in [1.82, 2.24) is 0 Å². The molecule has 2 rings (SSSR count). The van der Waals surface area contributed by atoms with E-state index in [1.807, 2.05) is 6.07 Å². The van der Waals surface area contributed by atoms with Crippen molar-refractivity contribution in [2.75, 3.05) is 16.8 Å². The highest BCUT2D eigenvalue weighted by molar-refractivity contribution is 9.10. The van der Waals surface area contributed by atoms with Crippen LogP contribution in [0.5, 0.6) is 0 Å². The molecule has 0 spiro atoms. The van der Waals surface area contributed by atoms with E-state index in [2.05, 4.69) is 21.2 Å². The van der Waals surface area contributed by atoms with Crippen molar-refractivity contribution in [1.29, 1.82) is 0 Å². The molecule has 0 aliphatic carbocycles. The predicted octanol–water partition coefficient (Wildman–Crippen LogP) is 3.26. The summed E-state index contributed by atoms with van der Waals surface area (Å²) in [6.07, 6.45) is 3.34. The highest BCUT2D eigenvalue weighted by Crippen LogP contribution is 2.29. The van der Waals surface area contributed by atoms with Crippen LogP contribution in [0, 0.1) is 0 Å².